The van der Waals surface area contributed by atoms with Gasteiger partial charge in [0.2, 0.25) is 5.60 Å². The number of ether oxygens (including phenoxy) is 2. The first-order valence-corrected chi connectivity index (χ1v) is 19.3. The summed E-state index contributed by atoms with van der Waals surface area (Å²) in [6, 6.07) is 7.09. The normalized spacial score (nSPS) is 20.4. The van der Waals surface area contributed by atoms with Gasteiger partial charge in [-0.15, -0.1) is 11.3 Å². The highest BCUT2D eigenvalue weighted by Crippen LogP contribution is 2.44. The number of hydrogen-bond acceptors (Lipinski definition) is 8. The number of nitrogens with zero attached hydrogens (tertiary/aromatic N) is 3. The van der Waals surface area contributed by atoms with Crippen molar-refractivity contribution in [2.24, 2.45) is 5.41 Å². The van der Waals surface area contributed by atoms with E-state index in [0.717, 1.165) is 28.7 Å². The molecular weight excluding hydrogens is 768 g/mol. The van der Waals surface area contributed by atoms with Crippen LogP contribution < -0.4 is 9.47 Å². The Hall–Kier alpha value is -4.38. The van der Waals surface area contributed by atoms with Crippen molar-refractivity contribution < 1.29 is 60.4 Å². The molecule has 3 aromatic rings. The topological polar surface area (TPSA) is 130 Å². The number of halogens is 6. The molecule has 2 aliphatic rings. The van der Waals surface area contributed by atoms with Crippen LogP contribution in [0.25, 0.3) is 0 Å². The van der Waals surface area contributed by atoms with Crippen molar-refractivity contribution in [1.29, 1.82) is 0 Å². The van der Waals surface area contributed by atoms with Crippen molar-refractivity contribution in [3.63, 3.8) is 0 Å². The van der Waals surface area contributed by atoms with Gasteiger partial charge < -0.3 is 29.5 Å². The van der Waals surface area contributed by atoms with Crippen molar-refractivity contribution in [3.8, 4) is 11.5 Å². The number of thiophene rings is 1. The highest BCUT2D eigenvalue weighted by molar-refractivity contribution is 7.10. The Morgan fingerprint density at radius 2 is 1.70 bits per heavy atom. The molecule has 56 heavy (non-hydrogen) atoms. The second kappa shape index (κ2) is 16.6. The van der Waals surface area contributed by atoms with Crippen LogP contribution in [0.3, 0.4) is 0 Å². The number of rotatable bonds is 13. The number of amides is 2. The van der Waals surface area contributed by atoms with E-state index in [4.69, 9.17) is 9.47 Å². The molecule has 2 aliphatic heterocycles. The van der Waals surface area contributed by atoms with Gasteiger partial charge in [-0.1, -0.05) is 31.5 Å². The second-order valence-electron chi connectivity index (χ2n) is 14.9. The Morgan fingerprint density at radius 3 is 2.32 bits per heavy atom. The summed E-state index contributed by atoms with van der Waals surface area (Å²) < 4.78 is 95.6. The molecule has 2 atom stereocenters. The fourth-order valence-electron chi connectivity index (χ4n) is 7.50. The Labute approximate surface area is 324 Å². The van der Waals surface area contributed by atoms with E-state index in [1.807, 2.05) is 0 Å². The van der Waals surface area contributed by atoms with E-state index in [1.54, 1.807) is 45.0 Å². The number of likely N-dealkylation sites (tertiary alicyclic amines) is 2. The lowest BCUT2D eigenvalue weighted by Crippen LogP contribution is -2.68. The molecule has 4 heterocycles. The summed E-state index contributed by atoms with van der Waals surface area (Å²) in [6.07, 6.45) is -6.61. The summed E-state index contributed by atoms with van der Waals surface area (Å²) >= 11 is 0.362. The zero-order valence-electron chi connectivity index (χ0n) is 31.2. The van der Waals surface area contributed by atoms with Crippen molar-refractivity contribution in [3.05, 3.63) is 75.7 Å². The van der Waals surface area contributed by atoms with Crippen molar-refractivity contribution in [2.75, 3.05) is 26.2 Å². The number of aliphatic hydroxyl groups is 1. The quantitative estimate of drug-likeness (QED) is 0.131. The molecule has 2 N–H and O–H groups in total. The number of carboxylic acid groups (broad SMARTS) is 1. The maximum atomic E-state index is 14.9. The van der Waals surface area contributed by atoms with Crippen molar-refractivity contribution in [1.82, 2.24) is 14.8 Å². The summed E-state index contributed by atoms with van der Waals surface area (Å²) in [4.78, 5) is 45.8. The van der Waals surface area contributed by atoms with E-state index in [0.29, 0.717) is 48.0 Å². The Morgan fingerprint density at radius 1 is 1.00 bits per heavy atom. The largest absolute Gasteiger partial charge is 0.493 e. The zero-order chi connectivity index (χ0) is 41.1. The number of para-hydroxylation sites is 1. The molecule has 10 nitrogen and oxygen atoms in total. The molecule has 0 aliphatic carbocycles. The van der Waals surface area contributed by atoms with Crippen LogP contribution in [0.15, 0.2) is 54.2 Å². The number of carbonyl (C=O) groups is 3. The number of carboxylic acids is 1. The number of aromatic nitrogens is 1. The summed E-state index contributed by atoms with van der Waals surface area (Å²) in [7, 11) is 0. The minimum Gasteiger partial charge on any atom is -0.493 e. The maximum absolute atomic E-state index is 14.9. The number of alkyl halides is 6. The Bertz CT molecular complexity index is 1880. The van der Waals surface area contributed by atoms with Gasteiger partial charge in [0.25, 0.3) is 11.8 Å². The standard InChI is InChI=1S/C39H45F6N3O7S/c1-4-9-30-37(55-25-22-31(56-24-25)39(43,44)45,14-7-18-48(30)32(49)26-23-46-17-12-27(26)38(40,41)42)33(50)47-19-15-36(53,16-20-47)28-10-5-6-11-29(28)54-21-8-13-35(2,3)34(51)52/h5-6,10-12,17,22-24,30,53H,4,7-9,13-16,18-21H2,1-3H3,(H,51,52)/t30-,37-/m1/s1. The average molecular weight is 814 g/mol. The number of hydrogen-bond donors (Lipinski definition) is 2. The number of piperidine rings is 2. The molecule has 0 radical (unpaired) electrons. The molecule has 5 rings (SSSR count). The predicted molar refractivity (Wildman–Crippen MR) is 193 cm³/mol. The van der Waals surface area contributed by atoms with E-state index in [1.165, 1.54) is 4.90 Å². The van der Waals surface area contributed by atoms with Gasteiger partial charge in [-0.2, -0.15) is 26.3 Å². The third-order valence-electron chi connectivity index (χ3n) is 10.6. The molecular formula is C39H45F6N3O7S. The van der Waals surface area contributed by atoms with Crippen LogP contribution in [0.1, 0.15) is 98.5 Å². The third-order valence-corrected chi connectivity index (χ3v) is 11.6. The number of benzene rings is 1. The van der Waals surface area contributed by atoms with Gasteiger partial charge in [-0.3, -0.25) is 19.4 Å². The molecule has 2 fully saturated rings. The lowest BCUT2D eigenvalue weighted by Gasteiger charge is -2.51. The van der Waals surface area contributed by atoms with Crippen molar-refractivity contribution >= 4 is 29.1 Å². The average Bonchev–Trinajstić information content (AvgIpc) is 3.63. The van der Waals surface area contributed by atoms with Crippen LogP contribution >= 0.6 is 11.3 Å². The zero-order valence-corrected chi connectivity index (χ0v) is 32.0. The summed E-state index contributed by atoms with van der Waals surface area (Å²) in [5, 5.41) is 22.5. The number of aliphatic carboxylic acids is 1. The molecule has 2 saturated heterocycles. The van der Waals surface area contributed by atoms with Crippen LogP contribution in [-0.4, -0.2) is 80.7 Å². The smallest absolute Gasteiger partial charge is 0.425 e. The Balaban J connectivity index is 1.44. The molecule has 17 heteroatoms. The van der Waals surface area contributed by atoms with Gasteiger partial charge >= 0.3 is 18.3 Å². The molecule has 0 saturated carbocycles. The Kier molecular flexibility index (Phi) is 12.7. The van der Waals surface area contributed by atoms with E-state index >= 15 is 0 Å². The van der Waals surface area contributed by atoms with Crippen LogP contribution in [0, 0.1) is 5.41 Å². The van der Waals surface area contributed by atoms with Gasteiger partial charge in [0.15, 0.2) is 0 Å². The van der Waals surface area contributed by atoms with Gasteiger partial charge in [-0.05, 0) is 64.5 Å². The van der Waals surface area contributed by atoms with Crippen LogP contribution in [-0.2, 0) is 27.5 Å². The first kappa shape index (κ1) is 42.8. The highest BCUT2D eigenvalue weighted by atomic mass is 32.1. The third kappa shape index (κ3) is 9.09. The molecule has 0 unspecified atom stereocenters. The first-order chi connectivity index (χ1) is 26.2. The van der Waals surface area contributed by atoms with Gasteiger partial charge in [-0.25, -0.2) is 0 Å². The minimum atomic E-state index is -4.90. The molecule has 2 amide bonds. The van der Waals surface area contributed by atoms with Gasteiger partial charge in [0.1, 0.15) is 16.4 Å². The molecule has 306 valence electrons. The van der Waals surface area contributed by atoms with E-state index in [9.17, 15) is 50.9 Å². The summed E-state index contributed by atoms with van der Waals surface area (Å²) in [5.41, 5.74) is -5.89. The van der Waals surface area contributed by atoms with E-state index in [2.05, 4.69) is 4.98 Å². The lowest BCUT2D eigenvalue weighted by molar-refractivity contribution is -0.163. The van der Waals surface area contributed by atoms with Crippen LogP contribution in [0.5, 0.6) is 11.5 Å². The molecule has 2 aromatic heterocycles. The second-order valence-corrected chi connectivity index (χ2v) is 15.8. The van der Waals surface area contributed by atoms with Crippen LogP contribution in [0.2, 0.25) is 0 Å². The fraction of sp³-hybridized carbons (Fsp3) is 0.538. The SMILES string of the molecule is CCC[C@H]1N(C(=O)c2cnccc2C(F)(F)F)CCC[C@]1(Oc1csc(C(F)(F)F)c1)C(=O)N1CCC(O)(c2ccccc2OCCCC(C)(C)C(=O)O)CC1. The summed E-state index contributed by atoms with van der Waals surface area (Å²) in [6.45, 7) is 5.05. The molecule has 1 aromatic carbocycles. The fourth-order valence-corrected chi connectivity index (χ4v) is 8.18. The monoisotopic (exact) mass is 813 g/mol. The molecule has 0 bridgehead atoms. The number of carbonyl (C=O) groups excluding carboxylic acids is 2. The molecule has 0 spiro atoms. The highest BCUT2D eigenvalue weighted by Gasteiger charge is 2.56. The van der Waals surface area contributed by atoms with Crippen LogP contribution in [0.4, 0.5) is 26.3 Å². The van der Waals surface area contributed by atoms with Crippen molar-refractivity contribution in [2.45, 2.75) is 102 Å². The number of pyridine rings is 1. The van der Waals surface area contributed by atoms with E-state index in [-0.39, 0.29) is 64.1 Å². The first-order valence-electron chi connectivity index (χ1n) is 18.4. The minimum absolute atomic E-state index is 0.0175. The predicted octanol–water partition coefficient (Wildman–Crippen LogP) is 8.18. The maximum Gasteiger partial charge on any atom is 0.425 e. The van der Waals surface area contributed by atoms with Gasteiger partial charge in [0.05, 0.1) is 34.8 Å². The van der Waals surface area contributed by atoms with E-state index < -0.39 is 68.8 Å². The van der Waals surface area contributed by atoms with Gasteiger partial charge in [0, 0.05) is 55.5 Å². The summed E-state index contributed by atoms with van der Waals surface area (Å²) in [5.74, 6) is -2.52. The lowest BCUT2D eigenvalue weighted by atomic mass is 9.78.